The minimum absolute atomic E-state index is 0.0323. The molecule has 0 aliphatic heterocycles. The van der Waals surface area contributed by atoms with Crippen molar-refractivity contribution in [3.63, 3.8) is 0 Å². The fourth-order valence-electron chi connectivity index (χ4n) is 5.72. The van der Waals surface area contributed by atoms with Crippen LogP contribution in [0.5, 0.6) is 0 Å². The Morgan fingerprint density at radius 3 is 2.53 bits per heavy atom. The van der Waals surface area contributed by atoms with Gasteiger partial charge in [-0.05, 0) is 55.7 Å². The minimum atomic E-state index is -0.903. The van der Waals surface area contributed by atoms with Crippen LogP contribution in [0.2, 0.25) is 0 Å². The van der Waals surface area contributed by atoms with E-state index >= 15 is 0 Å². The van der Waals surface area contributed by atoms with E-state index in [1.807, 2.05) is 27.7 Å². The van der Waals surface area contributed by atoms with Crippen LogP contribution in [0.15, 0.2) is 35.3 Å². The van der Waals surface area contributed by atoms with E-state index in [9.17, 15) is 14.4 Å². The number of aromatic nitrogens is 2. The first-order valence-corrected chi connectivity index (χ1v) is 10.9. The van der Waals surface area contributed by atoms with Gasteiger partial charge in [0.15, 0.2) is 5.78 Å². The third-order valence-corrected chi connectivity index (χ3v) is 7.33. The molecule has 0 bridgehead atoms. The van der Waals surface area contributed by atoms with Crippen molar-refractivity contribution < 1.29 is 19.4 Å². The van der Waals surface area contributed by atoms with E-state index in [0.29, 0.717) is 29.8 Å². The number of benzene rings is 1. The van der Waals surface area contributed by atoms with E-state index in [-0.39, 0.29) is 35.0 Å². The molecule has 2 aromatic rings. The number of ketones is 1. The van der Waals surface area contributed by atoms with Crippen LogP contribution in [0, 0.1) is 11.3 Å². The summed E-state index contributed by atoms with van der Waals surface area (Å²) in [6.07, 6.45) is 2.92. The lowest BCUT2D eigenvalue weighted by molar-refractivity contribution is -0.149. The molecule has 3 atom stereocenters. The van der Waals surface area contributed by atoms with Crippen molar-refractivity contribution in [1.82, 2.24) is 9.97 Å². The fourth-order valence-corrected chi connectivity index (χ4v) is 5.72. The van der Waals surface area contributed by atoms with Gasteiger partial charge >= 0.3 is 5.97 Å². The number of aromatic amines is 1. The molecule has 0 amide bonds. The number of Topliss-reactive ketones (excluding diaryl/α,β-unsaturated/α-hetero) is 1. The molecule has 4 rings (SSSR count). The number of rotatable bonds is 7. The number of ether oxygens (including phenoxy) is 1. The summed E-state index contributed by atoms with van der Waals surface area (Å²) >= 11 is 0. The summed E-state index contributed by atoms with van der Waals surface area (Å²) in [5.41, 5.74) is -0.750. The van der Waals surface area contributed by atoms with Gasteiger partial charge in [-0.25, -0.2) is 4.98 Å². The smallest absolute Gasteiger partial charge is 0.307 e. The summed E-state index contributed by atoms with van der Waals surface area (Å²) in [6.45, 7) is 8.22. The van der Waals surface area contributed by atoms with E-state index in [2.05, 4.69) is 15.3 Å². The first kappa shape index (κ1) is 22.2. The van der Waals surface area contributed by atoms with E-state index in [0.717, 1.165) is 6.42 Å². The lowest BCUT2D eigenvalue weighted by Gasteiger charge is -2.36. The second kappa shape index (κ2) is 7.55. The number of fused-ring (bicyclic) bond motifs is 1. The number of carboxylic acid groups (broad SMARTS) is 1. The molecule has 8 heteroatoms. The maximum absolute atomic E-state index is 13.7. The summed E-state index contributed by atoms with van der Waals surface area (Å²) in [5, 5.41) is 11.9. The molecule has 0 radical (unpaired) electrons. The zero-order valence-electron chi connectivity index (χ0n) is 18.8. The molecule has 8 nitrogen and oxygen atoms in total. The van der Waals surface area contributed by atoms with Gasteiger partial charge in [0.2, 0.25) is 5.95 Å². The quantitative estimate of drug-likeness (QED) is 0.606. The molecule has 2 saturated carbocycles. The van der Waals surface area contributed by atoms with Crippen molar-refractivity contribution in [3.8, 4) is 0 Å². The normalized spacial score (nSPS) is 28.1. The number of hydrogen-bond acceptors (Lipinski definition) is 6. The second-order valence-electron chi connectivity index (χ2n) is 9.48. The molecule has 3 N–H and O–H groups in total. The summed E-state index contributed by atoms with van der Waals surface area (Å²) in [6, 6.07) is 6.86. The van der Waals surface area contributed by atoms with Crippen molar-refractivity contribution in [2.45, 2.75) is 58.0 Å². The molecule has 2 aliphatic rings. The molecule has 3 unspecified atom stereocenters. The predicted molar refractivity (Wildman–Crippen MR) is 119 cm³/mol. The Kier molecular flexibility index (Phi) is 5.24. The number of aliphatic carboxylic acids is 1. The van der Waals surface area contributed by atoms with Crippen LogP contribution in [0.1, 0.15) is 51.7 Å². The number of nitrogens with zero attached hydrogens (tertiary/aromatic N) is 1. The molecular weight excluding hydrogens is 410 g/mol. The largest absolute Gasteiger partial charge is 0.481 e. The Labute approximate surface area is 186 Å². The van der Waals surface area contributed by atoms with Crippen molar-refractivity contribution >= 4 is 23.4 Å². The van der Waals surface area contributed by atoms with Gasteiger partial charge in [0, 0.05) is 18.5 Å². The zero-order chi connectivity index (χ0) is 23.3. The van der Waals surface area contributed by atoms with Crippen molar-refractivity contribution in [3.05, 3.63) is 51.9 Å². The predicted octanol–water partition coefficient (Wildman–Crippen LogP) is 3.19. The van der Waals surface area contributed by atoms with Gasteiger partial charge in [-0.3, -0.25) is 19.4 Å². The van der Waals surface area contributed by atoms with Gasteiger partial charge in [-0.15, -0.1) is 0 Å². The molecule has 2 fully saturated rings. The van der Waals surface area contributed by atoms with Crippen LogP contribution < -0.4 is 10.9 Å². The van der Waals surface area contributed by atoms with Gasteiger partial charge in [-0.2, -0.15) is 0 Å². The van der Waals surface area contributed by atoms with E-state index < -0.39 is 17.0 Å². The van der Waals surface area contributed by atoms with Gasteiger partial charge in [0.05, 0.1) is 17.4 Å². The van der Waals surface area contributed by atoms with Crippen LogP contribution in [0.25, 0.3) is 0 Å². The highest BCUT2D eigenvalue weighted by molar-refractivity contribution is 6.02. The standard InChI is InChI=1S/C24H29N3O5/c1-5-32-23(4)11-10-17-22(2,3)24(17,20(23)31)16-13-25-21(27-19(16)30)26-15-8-6-14(7-9-15)12-18(28)29/h6-9,13,17H,5,10-12H2,1-4H3,(H,28,29)(H2,25,26,27,30). The molecular formula is C24H29N3O5. The van der Waals surface area contributed by atoms with E-state index in [1.54, 1.807) is 24.3 Å². The molecule has 170 valence electrons. The molecule has 1 aromatic carbocycles. The van der Waals surface area contributed by atoms with Crippen LogP contribution in [-0.4, -0.2) is 39.0 Å². The van der Waals surface area contributed by atoms with Crippen molar-refractivity contribution in [2.24, 2.45) is 11.3 Å². The Morgan fingerprint density at radius 1 is 1.25 bits per heavy atom. The maximum atomic E-state index is 13.7. The molecule has 0 spiro atoms. The van der Waals surface area contributed by atoms with Crippen molar-refractivity contribution in [2.75, 3.05) is 11.9 Å². The Balaban J connectivity index is 1.62. The third-order valence-electron chi connectivity index (χ3n) is 7.33. The summed E-state index contributed by atoms with van der Waals surface area (Å²) in [7, 11) is 0. The number of H-pyrrole nitrogens is 1. The lowest BCUT2D eigenvalue weighted by Crippen LogP contribution is -2.51. The first-order valence-electron chi connectivity index (χ1n) is 10.9. The number of anilines is 2. The number of hydrogen-bond donors (Lipinski definition) is 3. The average Bonchev–Trinajstić information content (AvgIpc) is 3.22. The Morgan fingerprint density at radius 2 is 1.94 bits per heavy atom. The Bertz CT molecular complexity index is 1120. The van der Waals surface area contributed by atoms with Gasteiger partial charge in [0.25, 0.3) is 5.56 Å². The van der Waals surface area contributed by atoms with Gasteiger partial charge in [-0.1, -0.05) is 26.0 Å². The summed E-state index contributed by atoms with van der Waals surface area (Å²) < 4.78 is 5.86. The SMILES string of the molecule is CCOC1(C)CCC2C(C)(C)C2(c2cnc(Nc3ccc(CC(=O)O)cc3)[nH]c2=O)C1=O. The summed E-state index contributed by atoms with van der Waals surface area (Å²) in [5.74, 6) is -0.590. The number of carbonyl (C=O) groups excluding carboxylic acids is 1. The fraction of sp³-hybridized carbons (Fsp3) is 0.500. The highest BCUT2D eigenvalue weighted by Gasteiger charge is 2.80. The zero-order valence-corrected chi connectivity index (χ0v) is 18.8. The van der Waals surface area contributed by atoms with E-state index in [4.69, 9.17) is 9.84 Å². The maximum Gasteiger partial charge on any atom is 0.307 e. The molecule has 2 aliphatic carbocycles. The highest BCUT2D eigenvalue weighted by Crippen LogP contribution is 2.74. The van der Waals surface area contributed by atoms with Crippen LogP contribution in [-0.2, 0) is 26.2 Å². The van der Waals surface area contributed by atoms with Crippen LogP contribution in [0.3, 0.4) is 0 Å². The van der Waals surface area contributed by atoms with Crippen LogP contribution in [0.4, 0.5) is 11.6 Å². The monoisotopic (exact) mass is 439 g/mol. The molecule has 1 aromatic heterocycles. The highest BCUT2D eigenvalue weighted by atomic mass is 16.5. The summed E-state index contributed by atoms with van der Waals surface area (Å²) in [4.78, 5) is 44.8. The average molecular weight is 440 g/mol. The Hall–Kier alpha value is -3.00. The molecule has 32 heavy (non-hydrogen) atoms. The number of carbonyl (C=O) groups is 2. The third kappa shape index (κ3) is 3.24. The number of nitrogens with one attached hydrogen (secondary N) is 2. The van der Waals surface area contributed by atoms with E-state index in [1.165, 1.54) is 6.20 Å². The minimum Gasteiger partial charge on any atom is -0.481 e. The van der Waals surface area contributed by atoms with Gasteiger partial charge in [0.1, 0.15) is 5.60 Å². The molecule has 0 saturated heterocycles. The van der Waals surface area contributed by atoms with Crippen LogP contribution >= 0.6 is 0 Å². The van der Waals surface area contributed by atoms with Gasteiger partial charge < -0.3 is 15.2 Å². The van der Waals surface area contributed by atoms with Crippen molar-refractivity contribution in [1.29, 1.82) is 0 Å². The number of carboxylic acids is 1. The molecule has 1 heterocycles. The first-order chi connectivity index (χ1) is 15.1. The lowest BCUT2D eigenvalue weighted by atomic mass is 9.73. The topological polar surface area (TPSA) is 121 Å². The second-order valence-corrected chi connectivity index (χ2v) is 9.48.